The Morgan fingerprint density at radius 2 is 2.06 bits per heavy atom. The summed E-state index contributed by atoms with van der Waals surface area (Å²) in [6.45, 7) is 0. The Morgan fingerprint density at radius 3 is 2.81 bits per heavy atom. The van der Waals surface area contributed by atoms with Crippen LogP contribution in [0.2, 0.25) is 5.02 Å². The van der Waals surface area contributed by atoms with Crippen molar-refractivity contribution in [1.29, 1.82) is 0 Å². The molecule has 0 spiro atoms. The summed E-state index contributed by atoms with van der Waals surface area (Å²) in [4.78, 5) is 7.81. The first-order valence-electron chi connectivity index (χ1n) is 4.35. The zero-order valence-electron chi connectivity index (χ0n) is 7.92. The lowest BCUT2D eigenvalue weighted by molar-refractivity contribution is 0.632. The lowest BCUT2D eigenvalue weighted by atomic mass is 10.3. The van der Waals surface area contributed by atoms with Crippen molar-refractivity contribution in [2.24, 2.45) is 0 Å². The third kappa shape index (κ3) is 2.68. The topological polar surface area (TPSA) is 37.8 Å². The van der Waals surface area contributed by atoms with E-state index in [0.29, 0.717) is 15.4 Å². The van der Waals surface area contributed by atoms with Crippen LogP contribution in [0.1, 0.15) is 0 Å². The molecule has 82 valence electrons. The van der Waals surface area contributed by atoms with Crippen molar-refractivity contribution in [1.82, 2.24) is 9.97 Å². The van der Waals surface area contributed by atoms with Crippen molar-refractivity contribution in [3.63, 3.8) is 0 Å². The molecule has 3 nitrogen and oxygen atoms in total. The first-order valence-corrected chi connectivity index (χ1v) is 5.52. The van der Waals surface area contributed by atoms with Crippen LogP contribution in [-0.4, -0.2) is 9.97 Å². The van der Waals surface area contributed by atoms with E-state index in [1.165, 1.54) is 24.5 Å². The van der Waals surface area contributed by atoms with Crippen LogP contribution in [-0.2, 0) is 0 Å². The Hall–Kier alpha value is -1.20. The van der Waals surface area contributed by atoms with Gasteiger partial charge in [-0.25, -0.2) is 14.4 Å². The summed E-state index contributed by atoms with van der Waals surface area (Å²) in [5.74, 6) is 0.0992. The minimum atomic E-state index is -0.390. The predicted octanol–water partition coefficient (Wildman–Crippen LogP) is 3.78. The lowest BCUT2D eigenvalue weighted by Crippen LogP contribution is -1.96. The maximum absolute atomic E-state index is 13.4. The highest BCUT2D eigenvalue weighted by Gasteiger charge is 2.04. The Labute approximate surface area is 105 Å². The molecule has 1 aromatic carbocycles. The summed E-state index contributed by atoms with van der Waals surface area (Å²) in [5.41, 5.74) is 0.276. The van der Waals surface area contributed by atoms with Gasteiger partial charge in [-0.2, -0.15) is 0 Å². The molecule has 1 aromatic heterocycles. The average molecular weight is 303 g/mol. The zero-order valence-corrected chi connectivity index (χ0v) is 10.3. The molecule has 0 amide bonds. The van der Waals surface area contributed by atoms with Crippen molar-refractivity contribution >= 4 is 39.0 Å². The molecule has 2 rings (SSSR count). The fourth-order valence-corrected chi connectivity index (χ4v) is 1.61. The molecule has 0 unspecified atom stereocenters. The normalized spacial score (nSPS) is 10.2. The van der Waals surface area contributed by atoms with E-state index < -0.39 is 0 Å². The second-order valence-corrected chi connectivity index (χ2v) is 4.22. The quantitative estimate of drug-likeness (QED) is 0.858. The van der Waals surface area contributed by atoms with Crippen molar-refractivity contribution < 1.29 is 4.39 Å². The molecule has 0 bridgehead atoms. The van der Waals surface area contributed by atoms with Crippen molar-refractivity contribution in [3.8, 4) is 0 Å². The highest BCUT2D eigenvalue weighted by molar-refractivity contribution is 9.10. The summed E-state index contributed by atoms with van der Waals surface area (Å²) in [5, 5.41) is 3.27. The molecule has 0 atom stereocenters. The van der Waals surface area contributed by atoms with Crippen molar-refractivity contribution in [3.05, 3.63) is 46.0 Å². The van der Waals surface area contributed by atoms with Crippen LogP contribution in [0, 0.1) is 5.82 Å². The lowest BCUT2D eigenvalue weighted by Gasteiger charge is -2.06. The maximum atomic E-state index is 13.4. The summed E-state index contributed by atoms with van der Waals surface area (Å²) in [7, 11) is 0. The SMILES string of the molecule is Fc1ccc(Cl)cc1Nc1cc(Br)ncn1. The van der Waals surface area contributed by atoms with E-state index in [9.17, 15) is 4.39 Å². The Balaban J connectivity index is 2.30. The van der Waals surface area contributed by atoms with Gasteiger partial charge in [0.2, 0.25) is 0 Å². The number of nitrogens with one attached hydrogen (secondary N) is 1. The summed E-state index contributed by atoms with van der Waals surface area (Å²) < 4.78 is 14.0. The van der Waals surface area contributed by atoms with E-state index >= 15 is 0 Å². The van der Waals surface area contributed by atoms with Crippen LogP contribution < -0.4 is 5.32 Å². The number of nitrogens with zero attached hydrogens (tertiary/aromatic N) is 2. The molecule has 0 saturated carbocycles. The van der Waals surface area contributed by atoms with Gasteiger partial charge in [0.05, 0.1) is 5.69 Å². The second kappa shape index (κ2) is 4.76. The maximum Gasteiger partial charge on any atom is 0.146 e. The molecule has 0 fully saturated rings. The van der Waals surface area contributed by atoms with Gasteiger partial charge in [0.15, 0.2) is 0 Å². The summed E-state index contributed by atoms with van der Waals surface area (Å²) >= 11 is 8.96. The smallest absolute Gasteiger partial charge is 0.146 e. The van der Waals surface area contributed by atoms with E-state index in [2.05, 4.69) is 31.2 Å². The monoisotopic (exact) mass is 301 g/mol. The Kier molecular flexibility index (Phi) is 3.36. The number of hydrogen-bond donors (Lipinski definition) is 1. The molecule has 0 saturated heterocycles. The summed E-state index contributed by atoms with van der Waals surface area (Å²) in [6.07, 6.45) is 1.37. The third-order valence-corrected chi connectivity index (χ3v) is 2.49. The van der Waals surface area contributed by atoms with E-state index in [0.717, 1.165) is 0 Å². The first kappa shape index (κ1) is 11.3. The van der Waals surface area contributed by atoms with Gasteiger partial charge in [0.25, 0.3) is 0 Å². The van der Waals surface area contributed by atoms with Crippen molar-refractivity contribution in [2.75, 3.05) is 5.32 Å². The van der Waals surface area contributed by atoms with Gasteiger partial charge < -0.3 is 5.32 Å². The van der Waals surface area contributed by atoms with E-state index in [-0.39, 0.29) is 11.5 Å². The van der Waals surface area contributed by atoms with Gasteiger partial charge >= 0.3 is 0 Å². The van der Waals surface area contributed by atoms with Crippen LogP contribution in [0.15, 0.2) is 35.2 Å². The van der Waals surface area contributed by atoms with E-state index in [1.807, 2.05) is 0 Å². The molecule has 0 aliphatic carbocycles. The highest BCUT2D eigenvalue weighted by Crippen LogP contribution is 2.23. The molecule has 0 aliphatic rings. The Morgan fingerprint density at radius 1 is 1.25 bits per heavy atom. The second-order valence-electron chi connectivity index (χ2n) is 2.98. The molecule has 1 N–H and O–H groups in total. The van der Waals surface area contributed by atoms with Gasteiger partial charge in [-0.1, -0.05) is 11.6 Å². The number of benzene rings is 1. The largest absolute Gasteiger partial charge is 0.338 e. The van der Waals surface area contributed by atoms with Crippen molar-refractivity contribution in [2.45, 2.75) is 0 Å². The van der Waals surface area contributed by atoms with Crippen LogP contribution in [0.5, 0.6) is 0 Å². The van der Waals surface area contributed by atoms with E-state index in [1.54, 1.807) is 6.07 Å². The molecule has 2 aromatic rings. The van der Waals surface area contributed by atoms with Gasteiger partial charge in [-0.05, 0) is 34.1 Å². The molecule has 0 aliphatic heterocycles. The standard InChI is InChI=1S/C10H6BrClFN3/c11-9-4-10(15-5-14-9)16-8-3-6(12)1-2-7(8)13/h1-5H,(H,14,15,16). The molecule has 0 radical (unpaired) electrons. The Bertz CT molecular complexity index is 521. The molecular formula is C10H6BrClFN3. The van der Waals surface area contributed by atoms with Gasteiger partial charge in [0.1, 0.15) is 22.6 Å². The number of aromatic nitrogens is 2. The number of halogens is 3. The highest BCUT2D eigenvalue weighted by atomic mass is 79.9. The van der Waals surface area contributed by atoms with Gasteiger partial charge in [0, 0.05) is 11.1 Å². The van der Waals surface area contributed by atoms with Gasteiger partial charge in [-0.15, -0.1) is 0 Å². The predicted molar refractivity (Wildman–Crippen MR) is 64.4 cm³/mol. The fraction of sp³-hybridized carbons (Fsp3) is 0. The minimum Gasteiger partial charge on any atom is -0.338 e. The minimum absolute atomic E-state index is 0.276. The molecule has 6 heteroatoms. The molecular weight excluding hydrogens is 296 g/mol. The third-order valence-electron chi connectivity index (χ3n) is 1.82. The molecule has 16 heavy (non-hydrogen) atoms. The summed E-state index contributed by atoms with van der Waals surface area (Å²) in [6, 6.07) is 5.91. The van der Waals surface area contributed by atoms with Gasteiger partial charge in [-0.3, -0.25) is 0 Å². The van der Waals surface area contributed by atoms with Crippen LogP contribution >= 0.6 is 27.5 Å². The zero-order chi connectivity index (χ0) is 11.5. The number of hydrogen-bond acceptors (Lipinski definition) is 3. The van der Waals surface area contributed by atoms with Crippen LogP contribution in [0.3, 0.4) is 0 Å². The molecule has 1 heterocycles. The average Bonchev–Trinajstić information content (AvgIpc) is 2.24. The fourth-order valence-electron chi connectivity index (χ4n) is 1.13. The van der Waals surface area contributed by atoms with Crippen LogP contribution in [0.4, 0.5) is 15.9 Å². The van der Waals surface area contributed by atoms with E-state index in [4.69, 9.17) is 11.6 Å². The number of rotatable bonds is 2. The van der Waals surface area contributed by atoms with Crippen LogP contribution in [0.25, 0.3) is 0 Å². The first-order chi connectivity index (χ1) is 7.65. The number of anilines is 2.